The highest BCUT2D eigenvalue weighted by Gasteiger charge is 2.23. The summed E-state index contributed by atoms with van der Waals surface area (Å²) in [6.45, 7) is 0. The van der Waals surface area contributed by atoms with Crippen LogP contribution in [0.4, 0.5) is 0 Å². The highest BCUT2D eigenvalue weighted by molar-refractivity contribution is 6.05. The Kier molecular flexibility index (Phi) is 6.26. The van der Waals surface area contributed by atoms with E-state index in [1.807, 2.05) is 0 Å². The Morgan fingerprint density at radius 1 is 1.33 bits per heavy atom. The minimum absolute atomic E-state index is 0.0741. The van der Waals surface area contributed by atoms with E-state index in [0.29, 0.717) is 12.6 Å². The summed E-state index contributed by atoms with van der Waals surface area (Å²) in [6.07, 6.45) is 1.39. The molecule has 0 aliphatic carbocycles. The number of benzene rings is 1. The zero-order valence-corrected chi connectivity index (χ0v) is 11.7. The quantitative estimate of drug-likeness (QED) is 0.552. The average Bonchev–Trinajstić information content (AvgIpc) is 2.50. The molecule has 0 bridgehead atoms. The predicted molar refractivity (Wildman–Crippen MR) is 75.3 cm³/mol. The molecule has 0 heterocycles. The van der Waals surface area contributed by atoms with Crippen molar-refractivity contribution in [2.45, 2.75) is 19.3 Å². The lowest BCUT2D eigenvalue weighted by Crippen LogP contribution is -2.29. The zero-order chi connectivity index (χ0) is 15.8. The summed E-state index contributed by atoms with van der Waals surface area (Å²) in [7, 11) is 1.45. The number of carbonyl (C=O) groups excluding carboxylic acids is 4. The van der Waals surface area contributed by atoms with Crippen LogP contribution in [0.2, 0.25) is 0 Å². The van der Waals surface area contributed by atoms with Crippen molar-refractivity contribution in [1.29, 1.82) is 0 Å². The lowest BCUT2D eigenvalue weighted by atomic mass is 9.91. The van der Waals surface area contributed by atoms with E-state index in [1.54, 1.807) is 0 Å². The molecule has 1 rings (SSSR count). The number of aromatic hydroxyl groups is 1. The third-order valence-electron chi connectivity index (χ3n) is 3.18. The molecule has 6 heteroatoms. The van der Waals surface area contributed by atoms with E-state index in [4.69, 9.17) is 0 Å². The topological polar surface area (TPSA) is 101 Å². The fourth-order valence-electron chi connectivity index (χ4n) is 2.05. The molecule has 0 aromatic heterocycles. The largest absolute Gasteiger partial charge is 0.507 e. The van der Waals surface area contributed by atoms with Gasteiger partial charge in [0.1, 0.15) is 12.0 Å². The number of Topliss-reactive ketones (excluding diaryl/α,β-unsaturated/α-hetero) is 1. The van der Waals surface area contributed by atoms with Crippen LogP contribution in [0.5, 0.6) is 5.75 Å². The van der Waals surface area contributed by atoms with Crippen molar-refractivity contribution in [3.05, 3.63) is 29.3 Å². The van der Waals surface area contributed by atoms with Crippen molar-refractivity contribution < 1.29 is 24.3 Å². The van der Waals surface area contributed by atoms with Gasteiger partial charge in [0.15, 0.2) is 12.1 Å². The molecule has 0 spiro atoms. The number of ketones is 1. The van der Waals surface area contributed by atoms with Gasteiger partial charge in [-0.1, -0.05) is 12.1 Å². The number of rotatable bonds is 8. The van der Waals surface area contributed by atoms with Gasteiger partial charge in [0.05, 0.1) is 5.56 Å². The number of hydrogen-bond acceptors (Lipinski definition) is 5. The first-order valence-corrected chi connectivity index (χ1v) is 6.50. The van der Waals surface area contributed by atoms with Gasteiger partial charge in [0.25, 0.3) is 0 Å². The van der Waals surface area contributed by atoms with Gasteiger partial charge < -0.3 is 15.2 Å². The van der Waals surface area contributed by atoms with Gasteiger partial charge in [-0.3, -0.25) is 14.4 Å². The van der Waals surface area contributed by atoms with Crippen LogP contribution in [0, 0.1) is 5.92 Å². The highest BCUT2D eigenvalue weighted by Crippen LogP contribution is 2.22. The van der Waals surface area contributed by atoms with Crippen LogP contribution >= 0.6 is 0 Å². The summed E-state index contributed by atoms with van der Waals surface area (Å²) >= 11 is 0. The second-order valence-corrected chi connectivity index (χ2v) is 4.54. The van der Waals surface area contributed by atoms with Gasteiger partial charge in [0, 0.05) is 31.4 Å². The van der Waals surface area contributed by atoms with Crippen molar-refractivity contribution in [3.63, 3.8) is 0 Å². The summed E-state index contributed by atoms with van der Waals surface area (Å²) in [4.78, 5) is 45.3. The third kappa shape index (κ3) is 4.24. The highest BCUT2D eigenvalue weighted by atomic mass is 16.3. The van der Waals surface area contributed by atoms with Crippen LogP contribution in [0.3, 0.4) is 0 Å². The van der Waals surface area contributed by atoms with Crippen molar-refractivity contribution in [3.8, 4) is 5.75 Å². The van der Waals surface area contributed by atoms with Crippen molar-refractivity contribution in [2.24, 2.45) is 5.92 Å². The van der Waals surface area contributed by atoms with E-state index in [1.165, 1.54) is 25.2 Å². The molecule has 0 aliphatic rings. The standard InChI is InChI=1S/C15H17NO5/c1-16-15(21)10(4-3-7-17)8-14(20)11-5-2-6-13(19)12(11)9-18/h2,5-7,9-10,19H,3-4,8H2,1H3,(H,16,21). The summed E-state index contributed by atoms with van der Waals surface area (Å²) in [6, 6.07) is 4.19. The van der Waals surface area contributed by atoms with Gasteiger partial charge in [-0.25, -0.2) is 0 Å². The summed E-state index contributed by atoms with van der Waals surface area (Å²) in [5.41, 5.74) is -0.0152. The first-order chi connectivity index (χ1) is 10.0. The van der Waals surface area contributed by atoms with Crippen LogP contribution in [0.25, 0.3) is 0 Å². The average molecular weight is 291 g/mol. The Morgan fingerprint density at radius 2 is 2.05 bits per heavy atom. The van der Waals surface area contributed by atoms with Gasteiger partial charge in [0.2, 0.25) is 5.91 Å². The number of aldehydes is 2. The fraction of sp³-hybridized carbons (Fsp3) is 0.333. The molecular formula is C15H17NO5. The molecule has 0 radical (unpaired) electrons. The van der Waals surface area contributed by atoms with E-state index in [9.17, 15) is 24.3 Å². The smallest absolute Gasteiger partial charge is 0.223 e. The van der Waals surface area contributed by atoms with Crippen LogP contribution in [-0.2, 0) is 9.59 Å². The minimum atomic E-state index is -0.644. The van der Waals surface area contributed by atoms with Crippen LogP contribution < -0.4 is 5.32 Å². The van der Waals surface area contributed by atoms with Crippen LogP contribution in [0.1, 0.15) is 40.0 Å². The molecular weight excluding hydrogens is 274 g/mol. The minimum Gasteiger partial charge on any atom is -0.507 e. The molecule has 0 saturated carbocycles. The molecule has 1 amide bonds. The number of nitrogens with one attached hydrogen (secondary N) is 1. The Labute approximate surface area is 122 Å². The summed E-state index contributed by atoms with van der Waals surface area (Å²) < 4.78 is 0. The van der Waals surface area contributed by atoms with Crippen LogP contribution in [-0.4, -0.2) is 36.4 Å². The first-order valence-electron chi connectivity index (χ1n) is 6.50. The lowest BCUT2D eigenvalue weighted by molar-refractivity contribution is -0.124. The van der Waals surface area contributed by atoms with Gasteiger partial charge >= 0.3 is 0 Å². The number of amides is 1. The summed E-state index contributed by atoms with van der Waals surface area (Å²) in [5.74, 6) is -1.68. The molecule has 1 aromatic carbocycles. The number of phenols is 1. The number of carbonyl (C=O) groups is 4. The first kappa shape index (κ1) is 16.6. The predicted octanol–water partition coefficient (Wildman–Crippen LogP) is 1.12. The third-order valence-corrected chi connectivity index (χ3v) is 3.18. The monoisotopic (exact) mass is 291 g/mol. The summed E-state index contributed by atoms with van der Waals surface area (Å²) in [5, 5.41) is 12.0. The number of hydrogen-bond donors (Lipinski definition) is 2. The molecule has 0 saturated heterocycles. The van der Waals surface area contributed by atoms with E-state index < -0.39 is 11.7 Å². The molecule has 0 fully saturated rings. The van der Waals surface area contributed by atoms with Crippen molar-refractivity contribution in [2.75, 3.05) is 7.05 Å². The molecule has 1 aromatic rings. The Morgan fingerprint density at radius 3 is 2.62 bits per heavy atom. The fourth-order valence-corrected chi connectivity index (χ4v) is 2.05. The van der Waals surface area contributed by atoms with E-state index in [-0.39, 0.29) is 42.0 Å². The maximum absolute atomic E-state index is 12.2. The van der Waals surface area contributed by atoms with Crippen molar-refractivity contribution >= 4 is 24.3 Å². The Bertz CT molecular complexity index is 553. The van der Waals surface area contributed by atoms with Gasteiger partial charge in [-0.2, -0.15) is 0 Å². The maximum atomic E-state index is 12.2. The number of phenolic OH excluding ortho intramolecular Hbond substituents is 1. The molecule has 2 N–H and O–H groups in total. The van der Waals surface area contributed by atoms with Gasteiger partial charge in [-0.05, 0) is 12.5 Å². The van der Waals surface area contributed by atoms with Crippen molar-refractivity contribution in [1.82, 2.24) is 5.32 Å². The van der Waals surface area contributed by atoms with E-state index >= 15 is 0 Å². The maximum Gasteiger partial charge on any atom is 0.223 e. The molecule has 1 unspecified atom stereocenters. The van der Waals surface area contributed by atoms with E-state index in [2.05, 4.69) is 5.32 Å². The zero-order valence-electron chi connectivity index (χ0n) is 11.7. The second kappa shape index (κ2) is 7.94. The second-order valence-electron chi connectivity index (χ2n) is 4.54. The molecule has 1 atom stereocenters. The van der Waals surface area contributed by atoms with E-state index in [0.717, 1.165) is 0 Å². The molecule has 21 heavy (non-hydrogen) atoms. The molecule has 112 valence electrons. The Hall–Kier alpha value is -2.50. The SMILES string of the molecule is CNC(=O)C(CCC=O)CC(=O)c1cccc(O)c1C=O. The van der Waals surface area contributed by atoms with Gasteiger partial charge in [-0.15, -0.1) is 0 Å². The van der Waals surface area contributed by atoms with Crippen LogP contribution in [0.15, 0.2) is 18.2 Å². The normalized spacial score (nSPS) is 11.5. The molecule has 6 nitrogen and oxygen atoms in total. The lowest BCUT2D eigenvalue weighted by Gasteiger charge is -2.14. The Balaban J connectivity index is 2.96. The molecule has 0 aliphatic heterocycles.